The standard InChI is InChI=1S/C21H16N2O2/c1-15-12-13-18(25-15)14-19-20(16-8-4-2-5-9-16)22-23(21(19)24)17-10-6-3-7-11-17/h2-14H,1H3. The topological polar surface area (TPSA) is 45.8 Å². The lowest BCUT2D eigenvalue weighted by molar-refractivity contribution is -0.114. The summed E-state index contributed by atoms with van der Waals surface area (Å²) in [4.78, 5) is 13.0. The minimum absolute atomic E-state index is 0.167. The Balaban J connectivity index is 1.83. The Kier molecular flexibility index (Phi) is 3.78. The number of nitrogens with zero attached hydrogens (tertiary/aromatic N) is 2. The number of hydrazone groups is 1. The molecular formula is C21H16N2O2. The van der Waals surface area contributed by atoms with Crippen LogP contribution >= 0.6 is 0 Å². The van der Waals surface area contributed by atoms with E-state index in [1.807, 2.05) is 79.7 Å². The zero-order chi connectivity index (χ0) is 17.2. The number of hydrogen-bond donors (Lipinski definition) is 0. The summed E-state index contributed by atoms with van der Waals surface area (Å²) in [6, 6.07) is 22.8. The fraction of sp³-hybridized carbons (Fsp3) is 0.0476. The van der Waals surface area contributed by atoms with Crippen LogP contribution in [-0.2, 0) is 4.79 Å². The van der Waals surface area contributed by atoms with Crippen LogP contribution < -0.4 is 5.01 Å². The molecule has 1 amide bonds. The number of furan rings is 1. The number of para-hydroxylation sites is 1. The molecule has 0 bridgehead atoms. The molecule has 122 valence electrons. The minimum Gasteiger partial charge on any atom is -0.462 e. The highest BCUT2D eigenvalue weighted by molar-refractivity contribution is 6.37. The van der Waals surface area contributed by atoms with Crippen molar-refractivity contribution < 1.29 is 9.21 Å². The second-order valence-corrected chi connectivity index (χ2v) is 5.77. The molecule has 4 heteroatoms. The van der Waals surface area contributed by atoms with Gasteiger partial charge in [0.05, 0.1) is 11.3 Å². The third-order valence-electron chi connectivity index (χ3n) is 3.97. The fourth-order valence-corrected chi connectivity index (χ4v) is 2.77. The summed E-state index contributed by atoms with van der Waals surface area (Å²) in [7, 11) is 0. The van der Waals surface area contributed by atoms with E-state index in [1.165, 1.54) is 5.01 Å². The summed E-state index contributed by atoms with van der Waals surface area (Å²) >= 11 is 0. The first-order chi connectivity index (χ1) is 12.2. The maximum absolute atomic E-state index is 13.0. The van der Waals surface area contributed by atoms with Crippen molar-refractivity contribution in [2.24, 2.45) is 5.10 Å². The number of rotatable bonds is 3. The Morgan fingerprint density at radius 1 is 0.920 bits per heavy atom. The molecule has 0 atom stereocenters. The first kappa shape index (κ1) is 15.1. The van der Waals surface area contributed by atoms with E-state index < -0.39 is 0 Å². The highest BCUT2D eigenvalue weighted by atomic mass is 16.3. The summed E-state index contributed by atoms with van der Waals surface area (Å²) in [5, 5.41) is 6.02. The average molecular weight is 328 g/mol. The van der Waals surface area contributed by atoms with Crippen molar-refractivity contribution in [3.05, 3.63) is 95.5 Å². The van der Waals surface area contributed by atoms with E-state index in [0.717, 1.165) is 17.0 Å². The van der Waals surface area contributed by atoms with Crippen molar-refractivity contribution in [1.29, 1.82) is 0 Å². The summed E-state index contributed by atoms with van der Waals surface area (Å²) < 4.78 is 5.62. The van der Waals surface area contributed by atoms with Gasteiger partial charge in [0, 0.05) is 5.56 Å². The molecule has 0 aliphatic carbocycles. The van der Waals surface area contributed by atoms with Gasteiger partial charge in [0.1, 0.15) is 17.2 Å². The van der Waals surface area contributed by atoms with Crippen LogP contribution in [0, 0.1) is 6.92 Å². The third-order valence-corrected chi connectivity index (χ3v) is 3.97. The maximum Gasteiger partial charge on any atom is 0.281 e. The van der Waals surface area contributed by atoms with Gasteiger partial charge in [-0.1, -0.05) is 48.5 Å². The molecule has 0 radical (unpaired) electrons. The summed E-state index contributed by atoms with van der Waals surface area (Å²) in [5.74, 6) is 1.27. The van der Waals surface area contributed by atoms with Crippen molar-refractivity contribution in [2.75, 3.05) is 5.01 Å². The molecule has 0 saturated carbocycles. The Bertz CT molecular complexity index is 969. The molecule has 2 heterocycles. The number of anilines is 1. The van der Waals surface area contributed by atoms with E-state index in [2.05, 4.69) is 5.10 Å². The van der Waals surface area contributed by atoms with Crippen LogP contribution in [0.1, 0.15) is 17.1 Å². The van der Waals surface area contributed by atoms with Gasteiger partial charge in [0.2, 0.25) is 0 Å². The van der Waals surface area contributed by atoms with E-state index in [0.29, 0.717) is 17.0 Å². The molecule has 0 saturated heterocycles. The average Bonchev–Trinajstić information content (AvgIpc) is 3.21. The van der Waals surface area contributed by atoms with Gasteiger partial charge in [-0.3, -0.25) is 4.79 Å². The number of amides is 1. The quantitative estimate of drug-likeness (QED) is 0.668. The monoisotopic (exact) mass is 328 g/mol. The molecule has 3 aromatic rings. The molecule has 0 N–H and O–H groups in total. The van der Waals surface area contributed by atoms with Crippen molar-refractivity contribution in [3.8, 4) is 0 Å². The molecule has 25 heavy (non-hydrogen) atoms. The number of carbonyl (C=O) groups excluding carboxylic acids is 1. The number of carbonyl (C=O) groups is 1. The predicted molar refractivity (Wildman–Crippen MR) is 98.3 cm³/mol. The normalized spacial score (nSPS) is 15.7. The van der Waals surface area contributed by atoms with E-state index in [9.17, 15) is 4.79 Å². The van der Waals surface area contributed by atoms with Crippen molar-refractivity contribution in [3.63, 3.8) is 0 Å². The molecule has 4 nitrogen and oxygen atoms in total. The molecular weight excluding hydrogens is 312 g/mol. The Labute approximate surface area is 145 Å². The molecule has 0 spiro atoms. The van der Waals surface area contributed by atoms with Crippen LogP contribution in [-0.4, -0.2) is 11.6 Å². The lowest BCUT2D eigenvalue weighted by Crippen LogP contribution is -2.21. The number of hydrogen-bond acceptors (Lipinski definition) is 3. The maximum atomic E-state index is 13.0. The van der Waals surface area contributed by atoms with Crippen molar-refractivity contribution >= 4 is 23.4 Å². The molecule has 0 unspecified atom stereocenters. The van der Waals surface area contributed by atoms with Gasteiger partial charge < -0.3 is 4.42 Å². The zero-order valence-corrected chi connectivity index (χ0v) is 13.7. The predicted octanol–water partition coefficient (Wildman–Crippen LogP) is 4.42. The molecule has 1 aliphatic heterocycles. The van der Waals surface area contributed by atoms with Crippen LogP contribution in [0.4, 0.5) is 5.69 Å². The van der Waals surface area contributed by atoms with Gasteiger partial charge in [-0.05, 0) is 37.3 Å². The smallest absolute Gasteiger partial charge is 0.281 e. The van der Waals surface area contributed by atoms with Gasteiger partial charge >= 0.3 is 0 Å². The van der Waals surface area contributed by atoms with E-state index in [4.69, 9.17) is 4.42 Å². The van der Waals surface area contributed by atoms with E-state index >= 15 is 0 Å². The van der Waals surface area contributed by atoms with Gasteiger partial charge in [0.25, 0.3) is 5.91 Å². The van der Waals surface area contributed by atoms with Gasteiger partial charge in [0.15, 0.2) is 0 Å². The second kappa shape index (κ2) is 6.24. The van der Waals surface area contributed by atoms with Crippen LogP contribution in [0.15, 0.2) is 87.9 Å². The number of benzene rings is 2. The second-order valence-electron chi connectivity index (χ2n) is 5.77. The first-order valence-corrected chi connectivity index (χ1v) is 8.04. The van der Waals surface area contributed by atoms with E-state index in [-0.39, 0.29) is 5.91 Å². The van der Waals surface area contributed by atoms with E-state index in [1.54, 1.807) is 6.08 Å². The van der Waals surface area contributed by atoms with Crippen LogP contribution in [0.5, 0.6) is 0 Å². The van der Waals surface area contributed by atoms with Gasteiger partial charge in [-0.15, -0.1) is 0 Å². The SMILES string of the molecule is Cc1ccc(C=C2C(=O)N(c3ccccc3)N=C2c2ccccc2)o1. The largest absolute Gasteiger partial charge is 0.462 e. The van der Waals surface area contributed by atoms with Gasteiger partial charge in [-0.2, -0.15) is 10.1 Å². The van der Waals surface area contributed by atoms with Gasteiger partial charge in [-0.25, -0.2) is 0 Å². The van der Waals surface area contributed by atoms with Crippen molar-refractivity contribution in [1.82, 2.24) is 0 Å². The first-order valence-electron chi connectivity index (χ1n) is 8.04. The molecule has 1 aliphatic rings. The lowest BCUT2D eigenvalue weighted by Gasteiger charge is -2.10. The summed E-state index contributed by atoms with van der Waals surface area (Å²) in [6.07, 6.45) is 1.75. The minimum atomic E-state index is -0.167. The number of aryl methyl sites for hydroxylation is 1. The van der Waals surface area contributed by atoms with Crippen LogP contribution in [0.25, 0.3) is 6.08 Å². The molecule has 4 rings (SSSR count). The Hall–Kier alpha value is -3.40. The Morgan fingerprint density at radius 3 is 2.24 bits per heavy atom. The molecule has 2 aromatic carbocycles. The molecule has 1 aromatic heterocycles. The summed E-state index contributed by atoms with van der Waals surface area (Å²) in [6.45, 7) is 1.88. The summed E-state index contributed by atoms with van der Waals surface area (Å²) in [5.41, 5.74) is 2.79. The highest BCUT2D eigenvalue weighted by Gasteiger charge is 2.32. The van der Waals surface area contributed by atoms with Crippen LogP contribution in [0.3, 0.4) is 0 Å². The zero-order valence-electron chi connectivity index (χ0n) is 13.7. The van der Waals surface area contributed by atoms with Crippen LogP contribution in [0.2, 0.25) is 0 Å². The Morgan fingerprint density at radius 2 is 1.60 bits per heavy atom. The molecule has 0 fully saturated rings. The fourth-order valence-electron chi connectivity index (χ4n) is 2.77. The third kappa shape index (κ3) is 2.90. The highest BCUT2D eigenvalue weighted by Crippen LogP contribution is 2.27. The lowest BCUT2D eigenvalue weighted by atomic mass is 10.0. The van der Waals surface area contributed by atoms with Crippen molar-refractivity contribution in [2.45, 2.75) is 6.92 Å².